The molecule has 3 heterocycles. The smallest absolute Gasteiger partial charge is 0.247 e. The zero-order chi connectivity index (χ0) is 17.1. The first-order valence-electron chi connectivity index (χ1n) is 8.15. The molecular formula is C17H22N4O3. The Morgan fingerprint density at radius 1 is 1.42 bits per heavy atom. The van der Waals surface area contributed by atoms with E-state index in [2.05, 4.69) is 10.4 Å². The lowest BCUT2D eigenvalue weighted by Crippen LogP contribution is -2.47. The van der Waals surface area contributed by atoms with Crippen LogP contribution in [0.5, 0.6) is 0 Å². The van der Waals surface area contributed by atoms with Crippen LogP contribution in [0.1, 0.15) is 37.8 Å². The first kappa shape index (κ1) is 16.3. The molecule has 1 aliphatic rings. The van der Waals surface area contributed by atoms with Crippen LogP contribution in [-0.4, -0.2) is 33.0 Å². The Balaban J connectivity index is 1.71. The van der Waals surface area contributed by atoms with Crippen LogP contribution in [0.15, 0.2) is 35.1 Å². The summed E-state index contributed by atoms with van der Waals surface area (Å²) in [4.78, 5) is 26.7. The highest BCUT2D eigenvalue weighted by atomic mass is 16.3. The summed E-state index contributed by atoms with van der Waals surface area (Å²) in [5, 5.41) is 7.11. The van der Waals surface area contributed by atoms with Gasteiger partial charge >= 0.3 is 0 Å². The molecular weight excluding hydrogens is 308 g/mol. The molecule has 0 spiro atoms. The Morgan fingerprint density at radius 3 is 2.96 bits per heavy atom. The van der Waals surface area contributed by atoms with Gasteiger partial charge in [0.2, 0.25) is 11.8 Å². The van der Waals surface area contributed by atoms with Gasteiger partial charge < -0.3 is 14.6 Å². The highest BCUT2D eigenvalue weighted by molar-refractivity contribution is 5.82. The molecule has 2 aromatic heterocycles. The third-order valence-electron chi connectivity index (χ3n) is 4.05. The number of nitrogens with one attached hydrogen (secondary N) is 1. The van der Waals surface area contributed by atoms with E-state index in [1.807, 2.05) is 19.9 Å². The zero-order valence-electron chi connectivity index (χ0n) is 13.9. The normalized spacial score (nSPS) is 17.0. The van der Waals surface area contributed by atoms with Crippen molar-refractivity contribution in [3.63, 3.8) is 0 Å². The van der Waals surface area contributed by atoms with Gasteiger partial charge in [0.1, 0.15) is 11.8 Å². The molecule has 0 bridgehead atoms. The first-order chi connectivity index (χ1) is 11.5. The van der Waals surface area contributed by atoms with Gasteiger partial charge in [0.25, 0.3) is 0 Å². The standard InChI is InChI=1S/C17H22N4O3/c1-12(2)8-16(22)20-10-13-5-6-19-21(13)15(11-20)17(23)18-9-14-4-3-7-24-14/h3-7,12,15H,8-11H2,1-2H3,(H,18,23)/t15-/m0/s1. The van der Waals surface area contributed by atoms with E-state index in [0.717, 1.165) is 5.69 Å². The van der Waals surface area contributed by atoms with Crippen LogP contribution >= 0.6 is 0 Å². The molecule has 0 fully saturated rings. The lowest BCUT2D eigenvalue weighted by Gasteiger charge is -2.33. The second kappa shape index (κ2) is 6.90. The van der Waals surface area contributed by atoms with Crippen LogP contribution in [0.2, 0.25) is 0 Å². The van der Waals surface area contributed by atoms with Crippen molar-refractivity contribution in [2.75, 3.05) is 6.54 Å². The van der Waals surface area contributed by atoms with Gasteiger partial charge in [-0.2, -0.15) is 5.10 Å². The third-order valence-corrected chi connectivity index (χ3v) is 4.05. The fourth-order valence-electron chi connectivity index (χ4n) is 2.86. The SMILES string of the molecule is CC(C)CC(=O)N1Cc2ccnn2[C@H](C(=O)NCc2ccco2)C1. The van der Waals surface area contributed by atoms with Crippen molar-refractivity contribution in [3.05, 3.63) is 42.1 Å². The summed E-state index contributed by atoms with van der Waals surface area (Å²) >= 11 is 0. The summed E-state index contributed by atoms with van der Waals surface area (Å²) in [6, 6.07) is 4.91. The van der Waals surface area contributed by atoms with E-state index in [-0.39, 0.29) is 17.7 Å². The Hall–Kier alpha value is -2.57. The minimum absolute atomic E-state index is 0.0706. The number of nitrogens with zero attached hydrogens (tertiary/aromatic N) is 3. The van der Waals surface area contributed by atoms with E-state index in [0.29, 0.717) is 31.8 Å². The first-order valence-corrected chi connectivity index (χ1v) is 8.15. The summed E-state index contributed by atoms with van der Waals surface area (Å²) in [6.45, 7) is 5.18. The number of carbonyl (C=O) groups excluding carboxylic acids is 2. The minimum Gasteiger partial charge on any atom is -0.467 e. The molecule has 7 heteroatoms. The topological polar surface area (TPSA) is 80.4 Å². The maximum atomic E-state index is 12.6. The molecule has 0 unspecified atom stereocenters. The number of hydrogen-bond donors (Lipinski definition) is 1. The molecule has 0 aliphatic carbocycles. The highest BCUT2D eigenvalue weighted by Crippen LogP contribution is 2.22. The van der Waals surface area contributed by atoms with Gasteiger partial charge in [-0.15, -0.1) is 0 Å². The third kappa shape index (κ3) is 3.50. The van der Waals surface area contributed by atoms with Crippen molar-refractivity contribution in [2.24, 2.45) is 5.92 Å². The number of aromatic nitrogens is 2. The lowest BCUT2D eigenvalue weighted by atomic mass is 10.1. The summed E-state index contributed by atoms with van der Waals surface area (Å²) in [5.41, 5.74) is 0.872. The van der Waals surface area contributed by atoms with Gasteiger partial charge in [-0.1, -0.05) is 13.8 Å². The fraction of sp³-hybridized carbons (Fsp3) is 0.471. The van der Waals surface area contributed by atoms with E-state index in [1.54, 1.807) is 34.2 Å². The molecule has 0 saturated carbocycles. The zero-order valence-corrected chi connectivity index (χ0v) is 13.9. The van der Waals surface area contributed by atoms with Gasteiger partial charge in [-0.05, 0) is 24.1 Å². The molecule has 0 aromatic carbocycles. The van der Waals surface area contributed by atoms with Gasteiger partial charge in [0.05, 0.1) is 31.6 Å². The second-order valence-corrected chi connectivity index (χ2v) is 6.45. The molecule has 24 heavy (non-hydrogen) atoms. The van der Waals surface area contributed by atoms with Crippen LogP contribution < -0.4 is 5.32 Å². The van der Waals surface area contributed by atoms with Gasteiger partial charge in [0, 0.05) is 12.6 Å². The molecule has 1 aliphatic heterocycles. The summed E-state index contributed by atoms with van der Waals surface area (Å²) in [5.74, 6) is 0.878. The van der Waals surface area contributed by atoms with Crippen molar-refractivity contribution in [1.29, 1.82) is 0 Å². The number of rotatable bonds is 5. The van der Waals surface area contributed by atoms with Gasteiger partial charge in [0.15, 0.2) is 0 Å². The van der Waals surface area contributed by atoms with E-state index >= 15 is 0 Å². The van der Waals surface area contributed by atoms with Crippen LogP contribution in [-0.2, 0) is 22.7 Å². The van der Waals surface area contributed by atoms with Gasteiger partial charge in [-0.3, -0.25) is 14.3 Å². The number of amides is 2. The highest BCUT2D eigenvalue weighted by Gasteiger charge is 2.33. The van der Waals surface area contributed by atoms with Crippen molar-refractivity contribution >= 4 is 11.8 Å². The van der Waals surface area contributed by atoms with Crippen LogP contribution in [0, 0.1) is 5.92 Å². The number of carbonyl (C=O) groups is 2. The molecule has 1 atom stereocenters. The minimum atomic E-state index is -0.519. The van der Waals surface area contributed by atoms with E-state index < -0.39 is 6.04 Å². The van der Waals surface area contributed by atoms with Crippen molar-refractivity contribution in [3.8, 4) is 0 Å². The maximum absolute atomic E-state index is 12.6. The largest absolute Gasteiger partial charge is 0.467 e. The second-order valence-electron chi connectivity index (χ2n) is 6.45. The van der Waals surface area contributed by atoms with Crippen molar-refractivity contribution in [1.82, 2.24) is 20.0 Å². The van der Waals surface area contributed by atoms with Crippen LogP contribution in [0.4, 0.5) is 0 Å². The summed E-state index contributed by atoms with van der Waals surface area (Å²) in [7, 11) is 0. The number of furan rings is 1. The predicted molar refractivity (Wildman–Crippen MR) is 86.7 cm³/mol. The Labute approximate surface area is 140 Å². The maximum Gasteiger partial charge on any atom is 0.247 e. The monoisotopic (exact) mass is 330 g/mol. The molecule has 1 N–H and O–H groups in total. The van der Waals surface area contributed by atoms with E-state index in [1.165, 1.54) is 0 Å². The van der Waals surface area contributed by atoms with Crippen LogP contribution in [0.25, 0.3) is 0 Å². The Bertz CT molecular complexity index is 705. The Morgan fingerprint density at radius 2 is 2.25 bits per heavy atom. The quantitative estimate of drug-likeness (QED) is 0.905. The van der Waals surface area contributed by atoms with E-state index in [9.17, 15) is 9.59 Å². The fourth-order valence-corrected chi connectivity index (χ4v) is 2.86. The van der Waals surface area contributed by atoms with E-state index in [4.69, 9.17) is 4.42 Å². The van der Waals surface area contributed by atoms with Crippen LogP contribution in [0.3, 0.4) is 0 Å². The molecule has 2 aromatic rings. The molecule has 0 saturated heterocycles. The predicted octanol–water partition coefficient (Wildman–Crippen LogP) is 1.72. The molecule has 7 nitrogen and oxygen atoms in total. The molecule has 2 amide bonds. The number of hydrogen-bond acceptors (Lipinski definition) is 4. The van der Waals surface area contributed by atoms with Gasteiger partial charge in [-0.25, -0.2) is 0 Å². The number of fused-ring (bicyclic) bond motifs is 1. The molecule has 0 radical (unpaired) electrons. The van der Waals surface area contributed by atoms with Crippen molar-refractivity contribution < 1.29 is 14.0 Å². The summed E-state index contributed by atoms with van der Waals surface area (Å²) in [6.07, 6.45) is 3.72. The Kier molecular flexibility index (Phi) is 4.69. The molecule has 3 rings (SSSR count). The van der Waals surface area contributed by atoms with Crippen molar-refractivity contribution in [2.45, 2.75) is 39.4 Å². The average Bonchev–Trinajstić information content (AvgIpc) is 3.21. The lowest BCUT2D eigenvalue weighted by molar-refractivity contribution is -0.136. The molecule has 128 valence electrons. The summed E-state index contributed by atoms with van der Waals surface area (Å²) < 4.78 is 6.93. The average molecular weight is 330 g/mol.